The highest BCUT2D eigenvalue weighted by Gasteiger charge is 2.30. The predicted molar refractivity (Wildman–Crippen MR) is 134 cm³/mol. The van der Waals surface area contributed by atoms with Gasteiger partial charge in [0.1, 0.15) is 18.4 Å². The van der Waals surface area contributed by atoms with Gasteiger partial charge in [0.15, 0.2) is 0 Å². The average molecular weight is 454 g/mol. The Kier molecular flexibility index (Phi) is 6.14. The number of carbonyl (C=O) groups is 1. The van der Waals surface area contributed by atoms with Crippen molar-refractivity contribution >= 4 is 28.2 Å². The molecule has 0 saturated heterocycles. The maximum atomic E-state index is 11.8. The topological polar surface area (TPSA) is 74.7 Å². The van der Waals surface area contributed by atoms with Crippen LogP contribution in [0, 0.1) is 6.92 Å². The molecule has 5 rings (SSSR count). The number of ether oxygens (including phenoxy) is 1. The number of rotatable bonds is 7. The van der Waals surface area contributed by atoms with E-state index in [2.05, 4.69) is 22.4 Å². The molecule has 2 N–H and O–H groups in total. The molecule has 3 aromatic carbocycles. The summed E-state index contributed by atoms with van der Waals surface area (Å²) in [6.45, 7) is 3.55. The molecule has 1 atom stereocenters. The standard InChI is InChI=1S/C28H27N3O3/c1-19-15-26(24-11-4-5-12-25(24)29-19)30-22-9-6-10-23(17-22)34-14-13-31-18-21-8-3-2-7-20(21)16-27(31)28(32)33/h2-12,15,17,27H,13-14,16,18H2,1H3,(H,29,30)(H,32,33). The minimum atomic E-state index is -0.791. The lowest BCUT2D eigenvalue weighted by molar-refractivity contribution is -0.144. The zero-order valence-electron chi connectivity index (χ0n) is 19.1. The summed E-state index contributed by atoms with van der Waals surface area (Å²) in [5.41, 5.74) is 6.12. The minimum absolute atomic E-state index is 0.409. The zero-order valence-corrected chi connectivity index (χ0v) is 19.1. The van der Waals surface area contributed by atoms with Crippen molar-refractivity contribution in [2.45, 2.75) is 25.9 Å². The molecule has 0 radical (unpaired) electrons. The Labute approximate surface area is 198 Å². The van der Waals surface area contributed by atoms with Gasteiger partial charge >= 0.3 is 5.97 Å². The van der Waals surface area contributed by atoms with Gasteiger partial charge in [0.2, 0.25) is 0 Å². The molecule has 0 fully saturated rings. The lowest BCUT2D eigenvalue weighted by atomic mass is 9.94. The summed E-state index contributed by atoms with van der Waals surface area (Å²) in [5, 5.41) is 14.3. The van der Waals surface area contributed by atoms with Gasteiger partial charge in [-0.3, -0.25) is 14.7 Å². The minimum Gasteiger partial charge on any atom is -0.492 e. The van der Waals surface area contributed by atoms with Gasteiger partial charge in [-0.15, -0.1) is 0 Å². The number of carboxylic acids is 1. The van der Waals surface area contributed by atoms with E-state index >= 15 is 0 Å². The van der Waals surface area contributed by atoms with Crippen LogP contribution in [0.4, 0.5) is 11.4 Å². The normalized spacial score (nSPS) is 15.6. The first-order valence-corrected chi connectivity index (χ1v) is 11.5. The van der Waals surface area contributed by atoms with Crippen LogP contribution in [0.5, 0.6) is 5.75 Å². The maximum absolute atomic E-state index is 11.8. The number of benzene rings is 3. The number of aromatic nitrogens is 1. The molecule has 6 heteroatoms. The second-order valence-corrected chi connectivity index (χ2v) is 8.63. The van der Waals surface area contributed by atoms with E-state index in [1.54, 1.807) is 0 Å². The number of nitrogens with zero attached hydrogens (tertiary/aromatic N) is 2. The molecule has 0 amide bonds. The first kappa shape index (κ1) is 21.9. The van der Waals surface area contributed by atoms with Gasteiger partial charge in [0.05, 0.1) is 5.52 Å². The van der Waals surface area contributed by atoms with Gasteiger partial charge in [-0.05, 0) is 48.7 Å². The van der Waals surface area contributed by atoms with Crippen LogP contribution >= 0.6 is 0 Å². The van der Waals surface area contributed by atoms with Crippen molar-refractivity contribution in [1.29, 1.82) is 0 Å². The molecule has 6 nitrogen and oxygen atoms in total. The molecule has 34 heavy (non-hydrogen) atoms. The summed E-state index contributed by atoms with van der Waals surface area (Å²) < 4.78 is 6.03. The van der Waals surface area contributed by atoms with Crippen molar-refractivity contribution in [2.24, 2.45) is 0 Å². The lowest BCUT2D eigenvalue weighted by Gasteiger charge is -2.34. The molecule has 0 saturated carbocycles. The first-order valence-electron chi connectivity index (χ1n) is 11.5. The molecule has 0 aliphatic carbocycles. The molecule has 1 aliphatic heterocycles. The SMILES string of the molecule is Cc1cc(Nc2cccc(OCCN3Cc4ccccc4CC3C(=O)O)c2)c2ccccc2n1. The fourth-order valence-corrected chi connectivity index (χ4v) is 4.57. The molecule has 0 bridgehead atoms. The van der Waals surface area contributed by atoms with Crippen LogP contribution in [0.15, 0.2) is 78.9 Å². The number of para-hydroxylation sites is 1. The van der Waals surface area contributed by atoms with Crippen molar-refractivity contribution in [3.8, 4) is 5.75 Å². The monoisotopic (exact) mass is 453 g/mol. The Bertz CT molecular complexity index is 1340. The highest BCUT2D eigenvalue weighted by atomic mass is 16.5. The van der Waals surface area contributed by atoms with Crippen LogP contribution in [0.3, 0.4) is 0 Å². The molecule has 1 aliphatic rings. The van der Waals surface area contributed by atoms with Crippen LogP contribution in [0.2, 0.25) is 0 Å². The van der Waals surface area contributed by atoms with Crippen molar-refractivity contribution in [3.63, 3.8) is 0 Å². The predicted octanol–water partition coefficient (Wildman–Crippen LogP) is 5.18. The molecule has 4 aromatic rings. The zero-order chi connectivity index (χ0) is 23.5. The van der Waals surface area contributed by atoms with Crippen molar-refractivity contribution in [2.75, 3.05) is 18.5 Å². The van der Waals surface area contributed by atoms with Gasteiger partial charge in [0, 0.05) is 41.6 Å². The number of aliphatic carboxylic acids is 1. The van der Waals surface area contributed by atoms with E-state index in [0.717, 1.165) is 39.3 Å². The fraction of sp³-hybridized carbons (Fsp3) is 0.214. The van der Waals surface area contributed by atoms with Crippen molar-refractivity contribution in [1.82, 2.24) is 9.88 Å². The number of hydrogen-bond donors (Lipinski definition) is 2. The van der Waals surface area contributed by atoms with Crippen LogP contribution in [0.25, 0.3) is 10.9 Å². The fourth-order valence-electron chi connectivity index (χ4n) is 4.57. The second-order valence-electron chi connectivity index (χ2n) is 8.63. The van der Waals surface area contributed by atoms with Gasteiger partial charge in [0.25, 0.3) is 0 Å². The number of hydrogen-bond acceptors (Lipinski definition) is 5. The summed E-state index contributed by atoms with van der Waals surface area (Å²) in [6.07, 6.45) is 0.518. The Morgan fingerprint density at radius 1 is 1.06 bits per heavy atom. The maximum Gasteiger partial charge on any atom is 0.321 e. The third kappa shape index (κ3) is 4.72. The Balaban J connectivity index is 1.26. The highest BCUT2D eigenvalue weighted by molar-refractivity contribution is 5.93. The number of fused-ring (bicyclic) bond motifs is 2. The molecule has 2 heterocycles. The van der Waals surface area contributed by atoms with Crippen LogP contribution in [-0.4, -0.2) is 40.2 Å². The van der Waals surface area contributed by atoms with E-state index in [4.69, 9.17) is 4.74 Å². The van der Waals surface area contributed by atoms with Gasteiger partial charge in [-0.25, -0.2) is 0 Å². The van der Waals surface area contributed by atoms with E-state index in [1.807, 2.05) is 78.6 Å². The van der Waals surface area contributed by atoms with Crippen molar-refractivity contribution in [3.05, 3.63) is 95.7 Å². The van der Waals surface area contributed by atoms with E-state index in [1.165, 1.54) is 5.56 Å². The molecule has 1 unspecified atom stereocenters. The number of nitrogens with one attached hydrogen (secondary N) is 1. The molecule has 172 valence electrons. The van der Waals surface area contributed by atoms with Crippen LogP contribution in [-0.2, 0) is 17.8 Å². The summed E-state index contributed by atoms with van der Waals surface area (Å²) in [5.74, 6) is -0.0510. The molecular weight excluding hydrogens is 426 g/mol. The lowest BCUT2D eigenvalue weighted by Crippen LogP contribution is -2.47. The summed E-state index contributed by atoms with van der Waals surface area (Å²) >= 11 is 0. The average Bonchev–Trinajstić information content (AvgIpc) is 2.83. The number of anilines is 2. The van der Waals surface area contributed by atoms with E-state index in [-0.39, 0.29) is 0 Å². The molecule has 0 spiro atoms. The van der Waals surface area contributed by atoms with Gasteiger partial charge in [-0.1, -0.05) is 48.5 Å². The third-order valence-corrected chi connectivity index (χ3v) is 6.24. The smallest absolute Gasteiger partial charge is 0.321 e. The van der Waals surface area contributed by atoms with Crippen molar-refractivity contribution < 1.29 is 14.6 Å². The van der Waals surface area contributed by atoms with E-state index in [9.17, 15) is 9.90 Å². The Morgan fingerprint density at radius 3 is 2.71 bits per heavy atom. The molecule has 1 aromatic heterocycles. The summed E-state index contributed by atoms with van der Waals surface area (Å²) in [4.78, 5) is 18.4. The third-order valence-electron chi connectivity index (χ3n) is 6.24. The first-order chi connectivity index (χ1) is 16.6. The number of carboxylic acid groups (broad SMARTS) is 1. The number of aryl methyl sites for hydroxylation is 1. The molecular formula is C28H27N3O3. The van der Waals surface area contributed by atoms with Crippen LogP contribution in [0.1, 0.15) is 16.8 Å². The van der Waals surface area contributed by atoms with E-state index < -0.39 is 12.0 Å². The quantitative estimate of drug-likeness (QED) is 0.402. The van der Waals surface area contributed by atoms with Gasteiger partial charge in [-0.2, -0.15) is 0 Å². The number of pyridine rings is 1. The highest BCUT2D eigenvalue weighted by Crippen LogP contribution is 2.28. The van der Waals surface area contributed by atoms with E-state index in [0.29, 0.717) is 26.1 Å². The van der Waals surface area contributed by atoms with Gasteiger partial charge < -0.3 is 15.2 Å². The Hall–Kier alpha value is -3.90. The summed E-state index contributed by atoms with van der Waals surface area (Å²) in [7, 11) is 0. The Morgan fingerprint density at radius 2 is 1.85 bits per heavy atom. The second kappa shape index (κ2) is 9.53. The largest absolute Gasteiger partial charge is 0.492 e. The summed E-state index contributed by atoms with van der Waals surface area (Å²) in [6, 6.07) is 25.5. The van der Waals surface area contributed by atoms with Crippen LogP contribution < -0.4 is 10.1 Å².